The van der Waals surface area contributed by atoms with Crippen LogP contribution >= 0.6 is 11.6 Å². The van der Waals surface area contributed by atoms with Crippen molar-refractivity contribution in [3.8, 4) is 0 Å². The minimum atomic E-state index is -0.290. The number of carbonyl (C=O) groups excluding carboxylic acids is 1. The Hall–Kier alpha value is -2.12. The zero-order valence-electron chi connectivity index (χ0n) is 12.6. The molecule has 1 aliphatic heterocycles. The number of benzene rings is 1. The molecule has 122 valence electrons. The summed E-state index contributed by atoms with van der Waals surface area (Å²) in [6.45, 7) is 2.51. The molecule has 1 aromatic carbocycles. The molecule has 0 unspecified atom stereocenters. The zero-order valence-corrected chi connectivity index (χ0v) is 13.3. The average molecular weight is 337 g/mol. The lowest BCUT2D eigenvalue weighted by Gasteiger charge is -2.20. The number of hydrogen-bond acceptors (Lipinski definition) is 5. The second-order valence-electron chi connectivity index (χ2n) is 5.29. The molecule has 8 heteroatoms. The van der Waals surface area contributed by atoms with E-state index in [-0.39, 0.29) is 24.7 Å². The Kier molecular flexibility index (Phi) is 4.78. The second-order valence-corrected chi connectivity index (χ2v) is 5.73. The van der Waals surface area contributed by atoms with Crippen molar-refractivity contribution in [2.45, 2.75) is 32.0 Å². The first-order valence-electron chi connectivity index (χ1n) is 7.32. The van der Waals surface area contributed by atoms with E-state index < -0.39 is 0 Å². The largest absolute Gasteiger partial charge is 0.371 e. The Morgan fingerprint density at radius 2 is 2.17 bits per heavy atom. The van der Waals surface area contributed by atoms with Gasteiger partial charge >= 0.3 is 6.03 Å². The molecular weight excluding hydrogens is 320 g/mol. The van der Waals surface area contributed by atoms with Crippen LogP contribution in [0.15, 0.2) is 28.8 Å². The molecule has 2 aromatic rings. The van der Waals surface area contributed by atoms with Gasteiger partial charge in [-0.3, -0.25) is 0 Å². The predicted octanol–water partition coefficient (Wildman–Crippen LogP) is 2.36. The Bertz CT molecular complexity index is 674. The normalized spacial score (nSPS) is 20.4. The lowest BCUT2D eigenvalue weighted by molar-refractivity contribution is 0.0999. The van der Waals surface area contributed by atoms with Crippen molar-refractivity contribution < 1.29 is 14.1 Å². The van der Waals surface area contributed by atoms with Gasteiger partial charge in [0.15, 0.2) is 5.82 Å². The van der Waals surface area contributed by atoms with Crippen LogP contribution in [-0.2, 0) is 11.3 Å². The molecule has 0 bridgehead atoms. The first-order valence-corrected chi connectivity index (χ1v) is 7.70. The van der Waals surface area contributed by atoms with Gasteiger partial charge in [-0.25, -0.2) is 4.79 Å². The Morgan fingerprint density at radius 1 is 1.39 bits per heavy atom. The fraction of sp³-hybridized carbons (Fsp3) is 0.400. The zero-order chi connectivity index (χ0) is 16.2. The minimum Gasteiger partial charge on any atom is -0.371 e. The van der Waals surface area contributed by atoms with Gasteiger partial charge < -0.3 is 19.9 Å². The van der Waals surface area contributed by atoms with Crippen LogP contribution in [-0.4, -0.2) is 28.8 Å². The van der Waals surface area contributed by atoms with Crippen molar-refractivity contribution in [3.63, 3.8) is 0 Å². The van der Waals surface area contributed by atoms with Gasteiger partial charge in [-0.15, -0.1) is 0 Å². The van der Waals surface area contributed by atoms with Crippen LogP contribution in [0, 0.1) is 6.92 Å². The molecule has 0 saturated carbocycles. The molecule has 2 N–H and O–H groups in total. The molecule has 2 heterocycles. The molecule has 2 atom stereocenters. The van der Waals surface area contributed by atoms with Crippen molar-refractivity contribution >= 4 is 17.6 Å². The van der Waals surface area contributed by atoms with Crippen LogP contribution in [0.3, 0.4) is 0 Å². The number of nitrogens with one attached hydrogen (secondary N) is 2. The van der Waals surface area contributed by atoms with Crippen molar-refractivity contribution in [2.24, 2.45) is 0 Å². The van der Waals surface area contributed by atoms with E-state index in [9.17, 15) is 4.79 Å². The van der Waals surface area contributed by atoms with E-state index in [0.717, 1.165) is 12.0 Å². The number of hydrogen-bond donors (Lipinski definition) is 2. The van der Waals surface area contributed by atoms with Crippen LogP contribution in [0.5, 0.6) is 0 Å². The molecule has 23 heavy (non-hydrogen) atoms. The fourth-order valence-electron chi connectivity index (χ4n) is 2.51. The number of aryl methyl sites for hydroxylation is 1. The quantitative estimate of drug-likeness (QED) is 0.894. The van der Waals surface area contributed by atoms with Gasteiger partial charge in [-0.1, -0.05) is 28.9 Å². The summed E-state index contributed by atoms with van der Waals surface area (Å²) in [5.41, 5.74) is 0.992. The maximum Gasteiger partial charge on any atom is 0.315 e. The monoisotopic (exact) mass is 336 g/mol. The Labute approximate surface area is 138 Å². The van der Waals surface area contributed by atoms with E-state index in [0.29, 0.717) is 23.3 Å². The highest BCUT2D eigenvalue weighted by Gasteiger charge is 2.30. The summed E-state index contributed by atoms with van der Waals surface area (Å²) in [4.78, 5) is 16.1. The Balaban J connectivity index is 1.55. The first-order chi connectivity index (χ1) is 11.1. The summed E-state index contributed by atoms with van der Waals surface area (Å²) < 4.78 is 10.6. The van der Waals surface area contributed by atoms with Crippen molar-refractivity contribution in [3.05, 3.63) is 46.6 Å². The highest BCUT2D eigenvalue weighted by Crippen LogP contribution is 2.29. The molecule has 1 aliphatic rings. The first kappa shape index (κ1) is 15.8. The van der Waals surface area contributed by atoms with E-state index in [1.165, 1.54) is 0 Å². The van der Waals surface area contributed by atoms with Crippen LogP contribution in [0.25, 0.3) is 0 Å². The molecule has 3 rings (SSSR count). The summed E-state index contributed by atoms with van der Waals surface area (Å²) in [5, 5.41) is 10.0. The number of aromatic nitrogens is 2. The van der Waals surface area contributed by atoms with Crippen molar-refractivity contribution in [2.75, 3.05) is 6.61 Å². The Morgan fingerprint density at radius 3 is 2.87 bits per heavy atom. The molecule has 0 spiro atoms. The van der Waals surface area contributed by atoms with Crippen LogP contribution in [0.4, 0.5) is 4.79 Å². The molecule has 7 nitrogen and oxygen atoms in total. The SMILES string of the molecule is Cc1nc(CNC(=O)N[C@@H]2CCO[C@H]2c2ccc(Cl)cc2)no1. The number of urea groups is 1. The van der Waals surface area contributed by atoms with E-state index in [2.05, 4.69) is 20.8 Å². The third-order valence-electron chi connectivity index (χ3n) is 3.58. The van der Waals surface area contributed by atoms with Crippen molar-refractivity contribution in [1.82, 2.24) is 20.8 Å². The van der Waals surface area contributed by atoms with Crippen molar-refractivity contribution in [1.29, 1.82) is 0 Å². The van der Waals surface area contributed by atoms with E-state index in [4.69, 9.17) is 20.9 Å². The molecule has 2 amide bonds. The highest BCUT2D eigenvalue weighted by atomic mass is 35.5. The number of carbonyl (C=O) groups is 1. The molecule has 0 radical (unpaired) electrons. The minimum absolute atomic E-state index is 0.0943. The van der Waals surface area contributed by atoms with Gasteiger partial charge in [0.2, 0.25) is 5.89 Å². The second kappa shape index (κ2) is 6.97. The fourth-order valence-corrected chi connectivity index (χ4v) is 2.64. The third-order valence-corrected chi connectivity index (χ3v) is 3.84. The van der Waals surface area contributed by atoms with Gasteiger partial charge in [0.25, 0.3) is 0 Å². The van der Waals surface area contributed by atoms with Gasteiger partial charge in [0.1, 0.15) is 6.10 Å². The summed E-state index contributed by atoms with van der Waals surface area (Å²) in [7, 11) is 0. The molecule has 1 fully saturated rings. The molecular formula is C15H17ClN4O3. The summed E-state index contributed by atoms with van der Waals surface area (Å²) in [5.74, 6) is 0.906. The summed E-state index contributed by atoms with van der Waals surface area (Å²) >= 11 is 5.90. The van der Waals surface area contributed by atoms with Crippen LogP contribution in [0.1, 0.15) is 29.8 Å². The standard InChI is InChI=1S/C15H17ClN4O3/c1-9-18-13(20-23-9)8-17-15(21)19-12-6-7-22-14(12)10-2-4-11(16)5-3-10/h2-5,12,14H,6-8H2,1H3,(H2,17,19,21)/t12-,14+/m1/s1. The van der Waals surface area contributed by atoms with Gasteiger partial charge in [0.05, 0.1) is 12.6 Å². The van der Waals surface area contributed by atoms with E-state index >= 15 is 0 Å². The number of amides is 2. The number of nitrogens with zero attached hydrogens (tertiary/aromatic N) is 2. The summed E-state index contributed by atoms with van der Waals surface area (Å²) in [6, 6.07) is 7.06. The lowest BCUT2D eigenvalue weighted by atomic mass is 10.0. The number of rotatable bonds is 4. The highest BCUT2D eigenvalue weighted by molar-refractivity contribution is 6.30. The number of halogens is 1. The number of ether oxygens (including phenoxy) is 1. The smallest absolute Gasteiger partial charge is 0.315 e. The maximum atomic E-state index is 12.0. The van der Waals surface area contributed by atoms with E-state index in [1.54, 1.807) is 6.92 Å². The van der Waals surface area contributed by atoms with Crippen LogP contribution < -0.4 is 10.6 Å². The maximum absolute atomic E-state index is 12.0. The summed E-state index contributed by atoms with van der Waals surface area (Å²) in [6.07, 6.45) is 0.576. The van der Waals surface area contributed by atoms with Crippen LogP contribution in [0.2, 0.25) is 5.02 Å². The topological polar surface area (TPSA) is 89.3 Å². The van der Waals surface area contributed by atoms with E-state index in [1.807, 2.05) is 24.3 Å². The van der Waals surface area contributed by atoms with Gasteiger partial charge in [-0.05, 0) is 24.1 Å². The van der Waals surface area contributed by atoms with Gasteiger partial charge in [0, 0.05) is 18.6 Å². The molecule has 1 saturated heterocycles. The lowest BCUT2D eigenvalue weighted by Crippen LogP contribution is -2.43. The average Bonchev–Trinajstić information content (AvgIpc) is 3.15. The molecule has 1 aromatic heterocycles. The predicted molar refractivity (Wildman–Crippen MR) is 83.0 cm³/mol. The molecule has 0 aliphatic carbocycles. The third kappa shape index (κ3) is 4.00. The van der Waals surface area contributed by atoms with Gasteiger partial charge in [-0.2, -0.15) is 4.98 Å².